The van der Waals surface area contributed by atoms with Crippen molar-refractivity contribution in [1.82, 2.24) is 13.7 Å². The molecule has 0 saturated heterocycles. The monoisotopic (exact) mass is 573 g/mol. The molecule has 0 spiro atoms. The Bertz CT molecular complexity index is 2690. The number of nitrogens with zero attached hydrogens (tertiary/aromatic N) is 3. The first-order chi connectivity index (χ1) is 22.3. The molecular weight excluding hydrogens is 546 g/mol. The number of fused-ring (bicyclic) bond motifs is 8. The fraction of sp³-hybridized carbons (Fsp3) is 0. The quantitative estimate of drug-likeness (QED) is 0.200. The van der Waals surface area contributed by atoms with Crippen LogP contribution < -0.4 is 0 Å². The third kappa shape index (κ3) is 3.52. The second-order valence-electron chi connectivity index (χ2n) is 11.9. The van der Waals surface area contributed by atoms with Crippen molar-refractivity contribution in [3.63, 3.8) is 0 Å². The van der Waals surface area contributed by atoms with Gasteiger partial charge in [0.1, 0.15) is 0 Å². The van der Waals surface area contributed by atoms with Gasteiger partial charge in [0, 0.05) is 50.2 Å². The number of benzene rings is 7. The highest BCUT2D eigenvalue weighted by atomic mass is 15.0. The molecule has 3 aromatic heterocycles. The lowest BCUT2D eigenvalue weighted by Crippen LogP contribution is -1.96. The van der Waals surface area contributed by atoms with Crippen LogP contribution in [0.2, 0.25) is 0 Å². The Morgan fingerprint density at radius 3 is 1.44 bits per heavy atom. The summed E-state index contributed by atoms with van der Waals surface area (Å²) >= 11 is 0. The maximum atomic E-state index is 2.39. The summed E-state index contributed by atoms with van der Waals surface area (Å²) < 4.78 is 7.06. The normalized spacial score (nSPS) is 12.0. The molecular formula is C42H27N3. The molecule has 0 radical (unpaired) electrons. The van der Waals surface area contributed by atoms with Crippen LogP contribution >= 0.6 is 0 Å². The van der Waals surface area contributed by atoms with Crippen LogP contribution in [0.5, 0.6) is 0 Å². The summed E-state index contributed by atoms with van der Waals surface area (Å²) in [4.78, 5) is 0. The summed E-state index contributed by atoms with van der Waals surface area (Å²) in [7, 11) is 0. The lowest BCUT2D eigenvalue weighted by Gasteiger charge is -2.11. The largest absolute Gasteiger partial charge is 0.317 e. The molecule has 3 heterocycles. The van der Waals surface area contributed by atoms with Gasteiger partial charge >= 0.3 is 0 Å². The predicted molar refractivity (Wildman–Crippen MR) is 189 cm³/mol. The molecule has 10 rings (SSSR count). The fourth-order valence-electron chi connectivity index (χ4n) is 7.39. The van der Waals surface area contributed by atoms with Crippen LogP contribution in [-0.2, 0) is 0 Å². The molecule has 0 atom stereocenters. The molecule has 0 amide bonds. The van der Waals surface area contributed by atoms with Gasteiger partial charge in [-0.25, -0.2) is 0 Å². The Morgan fingerprint density at radius 2 is 0.778 bits per heavy atom. The minimum atomic E-state index is 1.15. The van der Waals surface area contributed by atoms with Gasteiger partial charge in [0.05, 0.1) is 27.6 Å². The number of rotatable bonds is 3. The van der Waals surface area contributed by atoms with Gasteiger partial charge < -0.3 is 13.7 Å². The van der Waals surface area contributed by atoms with Gasteiger partial charge in [-0.1, -0.05) is 72.8 Å². The van der Waals surface area contributed by atoms with Crippen molar-refractivity contribution in [2.24, 2.45) is 0 Å². The Hall–Kier alpha value is -6.06. The van der Waals surface area contributed by atoms with E-state index >= 15 is 0 Å². The van der Waals surface area contributed by atoms with Crippen LogP contribution in [0.25, 0.3) is 82.3 Å². The maximum Gasteiger partial charge on any atom is 0.0547 e. The van der Waals surface area contributed by atoms with Crippen LogP contribution in [0.4, 0.5) is 0 Å². The van der Waals surface area contributed by atoms with E-state index in [1.807, 2.05) is 0 Å². The van der Waals surface area contributed by atoms with E-state index in [2.05, 4.69) is 178 Å². The van der Waals surface area contributed by atoms with E-state index in [9.17, 15) is 0 Å². The van der Waals surface area contributed by atoms with Gasteiger partial charge in [0.2, 0.25) is 0 Å². The first-order valence-corrected chi connectivity index (χ1v) is 15.4. The molecule has 0 aliphatic heterocycles. The highest BCUT2D eigenvalue weighted by Gasteiger charge is 2.15. The Morgan fingerprint density at radius 1 is 0.289 bits per heavy atom. The summed E-state index contributed by atoms with van der Waals surface area (Å²) in [5.74, 6) is 0. The highest BCUT2D eigenvalue weighted by molar-refractivity contribution is 6.15. The molecule has 0 fully saturated rings. The van der Waals surface area contributed by atoms with Crippen LogP contribution in [0.3, 0.4) is 0 Å². The van der Waals surface area contributed by atoms with Crippen LogP contribution in [0, 0.1) is 0 Å². The number of aromatic nitrogens is 3. The lowest BCUT2D eigenvalue weighted by atomic mass is 10.0. The second-order valence-corrected chi connectivity index (χ2v) is 11.9. The third-order valence-electron chi connectivity index (χ3n) is 9.42. The number of para-hydroxylation sites is 4. The molecule has 3 nitrogen and oxygen atoms in total. The third-order valence-corrected chi connectivity index (χ3v) is 9.42. The van der Waals surface area contributed by atoms with E-state index in [1.165, 1.54) is 71.0 Å². The topological polar surface area (TPSA) is 14.8 Å². The van der Waals surface area contributed by atoms with Gasteiger partial charge in [-0.15, -0.1) is 0 Å². The molecule has 0 aliphatic carbocycles. The van der Waals surface area contributed by atoms with E-state index in [0.717, 1.165) is 11.4 Å². The maximum absolute atomic E-state index is 2.39. The minimum Gasteiger partial charge on any atom is -0.317 e. The number of hydrogen-bond acceptors (Lipinski definition) is 0. The number of hydrogen-bond donors (Lipinski definition) is 0. The van der Waals surface area contributed by atoms with Gasteiger partial charge in [-0.2, -0.15) is 0 Å². The Balaban J connectivity index is 1.14. The van der Waals surface area contributed by atoms with Crippen LogP contribution in [0.1, 0.15) is 0 Å². The van der Waals surface area contributed by atoms with Crippen LogP contribution in [0.15, 0.2) is 164 Å². The predicted octanol–water partition coefficient (Wildman–Crippen LogP) is 11.0. The zero-order valence-electron chi connectivity index (χ0n) is 24.4. The lowest BCUT2D eigenvalue weighted by molar-refractivity contribution is 1.11. The fourth-order valence-corrected chi connectivity index (χ4v) is 7.39. The second kappa shape index (κ2) is 9.22. The van der Waals surface area contributed by atoms with E-state index in [4.69, 9.17) is 0 Å². The van der Waals surface area contributed by atoms with E-state index in [-0.39, 0.29) is 0 Å². The standard InChI is InChI=1S/C42H27N3/c1-2-10-32(11-3-1)45-40-17-9-6-14-36(40)37-25-29-24-28-22-23-43(41(28)26-30(29)27-42(37)45)31-18-20-33(21-19-31)44-38-15-7-4-12-34(38)35-13-5-8-16-39(35)44/h1-27H. The van der Waals surface area contributed by atoms with Crippen molar-refractivity contribution in [2.75, 3.05) is 0 Å². The molecule has 0 bridgehead atoms. The molecule has 0 N–H and O–H groups in total. The average Bonchev–Trinajstić information content (AvgIpc) is 3.76. The van der Waals surface area contributed by atoms with Crippen molar-refractivity contribution in [1.29, 1.82) is 0 Å². The zero-order chi connectivity index (χ0) is 29.5. The van der Waals surface area contributed by atoms with Gasteiger partial charge in [0.15, 0.2) is 0 Å². The van der Waals surface area contributed by atoms with Crippen molar-refractivity contribution in [2.45, 2.75) is 0 Å². The first kappa shape index (κ1) is 24.4. The van der Waals surface area contributed by atoms with Crippen molar-refractivity contribution >= 4 is 65.3 Å². The molecule has 3 heteroatoms. The summed E-state index contributed by atoms with van der Waals surface area (Å²) in [5.41, 5.74) is 9.59. The SMILES string of the molecule is c1ccc(-n2c3ccccc3c3cc4cc5ccn(-c6ccc(-n7c8ccccc8c8ccccc87)cc6)c5cc4cc32)cc1. The summed E-state index contributed by atoms with van der Waals surface area (Å²) in [6, 6.07) is 57.3. The zero-order valence-corrected chi connectivity index (χ0v) is 24.4. The average molecular weight is 574 g/mol. The van der Waals surface area contributed by atoms with E-state index < -0.39 is 0 Å². The van der Waals surface area contributed by atoms with E-state index in [1.54, 1.807) is 0 Å². The first-order valence-electron chi connectivity index (χ1n) is 15.4. The van der Waals surface area contributed by atoms with Crippen molar-refractivity contribution < 1.29 is 0 Å². The summed E-state index contributed by atoms with van der Waals surface area (Å²) in [6.07, 6.45) is 2.19. The minimum absolute atomic E-state index is 1.15. The molecule has 45 heavy (non-hydrogen) atoms. The Labute approximate surface area is 259 Å². The Kier molecular flexibility index (Phi) is 5.00. The molecule has 0 aliphatic rings. The van der Waals surface area contributed by atoms with Crippen LogP contribution in [-0.4, -0.2) is 13.7 Å². The smallest absolute Gasteiger partial charge is 0.0547 e. The highest BCUT2D eigenvalue weighted by Crippen LogP contribution is 2.37. The van der Waals surface area contributed by atoms with Gasteiger partial charge in [-0.05, 0) is 95.7 Å². The molecule has 10 aromatic rings. The van der Waals surface area contributed by atoms with Gasteiger partial charge in [0.25, 0.3) is 0 Å². The summed E-state index contributed by atoms with van der Waals surface area (Å²) in [5, 5.41) is 8.84. The molecule has 7 aromatic carbocycles. The summed E-state index contributed by atoms with van der Waals surface area (Å²) in [6.45, 7) is 0. The van der Waals surface area contributed by atoms with E-state index in [0.29, 0.717) is 0 Å². The molecule has 0 saturated carbocycles. The van der Waals surface area contributed by atoms with Crippen molar-refractivity contribution in [3.8, 4) is 17.1 Å². The molecule has 210 valence electrons. The molecule has 0 unspecified atom stereocenters. The van der Waals surface area contributed by atoms with Gasteiger partial charge in [-0.3, -0.25) is 0 Å². The van der Waals surface area contributed by atoms with Crippen molar-refractivity contribution in [3.05, 3.63) is 164 Å².